The van der Waals surface area contributed by atoms with E-state index in [9.17, 15) is 9.59 Å². The van der Waals surface area contributed by atoms with Gasteiger partial charge in [0.25, 0.3) is 0 Å². The van der Waals surface area contributed by atoms with E-state index in [4.69, 9.17) is 15.3 Å². The highest BCUT2D eigenvalue weighted by Gasteiger charge is 2.14. The highest BCUT2D eigenvalue weighted by atomic mass is 16.4. The Morgan fingerprint density at radius 3 is 2.88 bits per heavy atom. The summed E-state index contributed by atoms with van der Waals surface area (Å²) in [5.74, 6) is -1.59. The van der Waals surface area contributed by atoms with E-state index in [1.807, 2.05) is 0 Å². The minimum absolute atomic E-state index is 0.0845. The van der Waals surface area contributed by atoms with Crippen molar-refractivity contribution in [3.8, 4) is 0 Å². The van der Waals surface area contributed by atoms with Crippen LogP contribution in [0, 0.1) is 0 Å². The Hall–Kier alpha value is -1.82. The van der Waals surface area contributed by atoms with Crippen LogP contribution in [0.25, 0.3) is 0 Å². The summed E-state index contributed by atoms with van der Waals surface area (Å²) in [6.07, 6.45) is 1.53. The third kappa shape index (κ3) is 3.39. The van der Waals surface area contributed by atoms with Gasteiger partial charge in [0.05, 0.1) is 6.26 Å². The minimum atomic E-state index is -1.11. The molecule has 1 aromatic rings. The van der Waals surface area contributed by atoms with E-state index in [2.05, 4.69) is 5.32 Å². The molecule has 6 heteroatoms. The number of carbonyl (C=O) groups is 2. The number of carbonyl (C=O) groups excluding carboxylic acids is 1. The SMILES string of the molecule is CC(CC(N)=O)NCc1ccoc1C(=O)O. The Morgan fingerprint density at radius 1 is 1.62 bits per heavy atom. The molecule has 0 aromatic carbocycles. The second-order valence-corrected chi connectivity index (χ2v) is 3.53. The summed E-state index contributed by atoms with van der Waals surface area (Å²) in [5.41, 5.74) is 5.57. The van der Waals surface area contributed by atoms with Gasteiger partial charge in [0.1, 0.15) is 0 Å². The summed E-state index contributed by atoms with van der Waals surface area (Å²) >= 11 is 0. The molecule has 0 aliphatic rings. The van der Waals surface area contributed by atoms with Crippen LogP contribution in [-0.4, -0.2) is 23.0 Å². The maximum absolute atomic E-state index is 10.7. The number of furan rings is 1. The molecule has 0 radical (unpaired) electrons. The van der Waals surface area contributed by atoms with Crippen LogP contribution in [-0.2, 0) is 11.3 Å². The fourth-order valence-electron chi connectivity index (χ4n) is 1.32. The molecule has 1 unspecified atom stereocenters. The van der Waals surface area contributed by atoms with E-state index < -0.39 is 11.9 Å². The Bertz CT molecular complexity index is 386. The van der Waals surface area contributed by atoms with Crippen LogP contribution in [0.2, 0.25) is 0 Å². The molecular weight excluding hydrogens is 212 g/mol. The molecule has 88 valence electrons. The molecule has 1 aromatic heterocycles. The number of nitrogens with one attached hydrogen (secondary N) is 1. The zero-order valence-electron chi connectivity index (χ0n) is 8.90. The zero-order valence-corrected chi connectivity index (χ0v) is 8.90. The molecule has 0 aliphatic carbocycles. The average molecular weight is 226 g/mol. The predicted molar refractivity (Wildman–Crippen MR) is 55.8 cm³/mol. The van der Waals surface area contributed by atoms with Gasteiger partial charge in [-0.2, -0.15) is 0 Å². The highest BCUT2D eigenvalue weighted by Crippen LogP contribution is 2.10. The first-order valence-electron chi connectivity index (χ1n) is 4.82. The Morgan fingerprint density at radius 2 is 2.31 bits per heavy atom. The van der Waals surface area contributed by atoms with Crippen LogP contribution < -0.4 is 11.1 Å². The first kappa shape index (κ1) is 12.3. The van der Waals surface area contributed by atoms with Gasteiger partial charge < -0.3 is 20.6 Å². The monoisotopic (exact) mass is 226 g/mol. The van der Waals surface area contributed by atoms with Crippen molar-refractivity contribution in [1.29, 1.82) is 0 Å². The number of primary amides is 1. The Kier molecular flexibility index (Phi) is 4.07. The Balaban J connectivity index is 2.51. The molecule has 0 spiro atoms. The molecule has 16 heavy (non-hydrogen) atoms. The summed E-state index contributed by atoms with van der Waals surface area (Å²) in [4.78, 5) is 21.3. The van der Waals surface area contributed by atoms with E-state index in [-0.39, 0.29) is 18.2 Å². The lowest BCUT2D eigenvalue weighted by molar-refractivity contribution is -0.118. The van der Waals surface area contributed by atoms with Crippen molar-refractivity contribution in [2.45, 2.75) is 25.9 Å². The Labute approximate surface area is 92.4 Å². The zero-order chi connectivity index (χ0) is 12.1. The van der Waals surface area contributed by atoms with Crippen molar-refractivity contribution < 1.29 is 19.1 Å². The molecule has 6 nitrogen and oxygen atoms in total. The summed E-state index contributed by atoms with van der Waals surface area (Å²) < 4.78 is 4.81. The lowest BCUT2D eigenvalue weighted by Gasteiger charge is -2.10. The third-order valence-corrected chi connectivity index (χ3v) is 2.09. The first-order chi connectivity index (χ1) is 7.50. The van der Waals surface area contributed by atoms with Gasteiger partial charge in [-0.3, -0.25) is 4.79 Å². The van der Waals surface area contributed by atoms with Gasteiger partial charge in [0.2, 0.25) is 11.7 Å². The number of nitrogens with two attached hydrogens (primary N) is 1. The van der Waals surface area contributed by atoms with Crippen molar-refractivity contribution in [1.82, 2.24) is 5.32 Å². The van der Waals surface area contributed by atoms with Crippen LogP contribution >= 0.6 is 0 Å². The van der Waals surface area contributed by atoms with Gasteiger partial charge >= 0.3 is 5.97 Å². The smallest absolute Gasteiger partial charge is 0.372 e. The molecule has 0 saturated carbocycles. The first-order valence-corrected chi connectivity index (χ1v) is 4.82. The lowest BCUT2D eigenvalue weighted by Crippen LogP contribution is -2.30. The number of hydrogen-bond acceptors (Lipinski definition) is 4. The number of carboxylic acid groups (broad SMARTS) is 1. The number of hydrogen-bond donors (Lipinski definition) is 3. The van der Waals surface area contributed by atoms with E-state index in [0.717, 1.165) is 0 Å². The minimum Gasteiger partial charge on any atom is -0.475 e. The van der Waals surface area contributed by atoms with Gasteiger partial charge in [0, 0.05) is 24.6 Å². The van der Waals surface area contributed by atoms with Crippen molar-refractivity contribution >= 4 is 11.9 Å². The van der Waals surface area contributed by atoms with E-state index in [1.54, 1.807) is 13.0 Å². The van der Waals surface area contributed by atoms with E-state index >= 15 is 0 Å². The lowest BCUT2D eigenvalue weighted by atomic mass is 10.2. The maximum atomic E-state index is 10.7. The van der Waals surface area contributed by atoms with Crippen LogP contribution in [0.5, 0.6) is 0 Å². The van der Waals surface area contributed by atoms with Gasteiger partial charge in [-0.15, -0.1) is 0 Å². The molecule has 0 aliphatic heterocycles. The quantitative estimate of drug-likeness (QED) is 0.648. The van der Waals surface area contributed by atoms with Crippen LogP contribution in [0.4, 0.5) is 0 Å². The summed E-state index contributed by atoms with van der Waals surface area (Å²) in [6.45, 7) is 2.12. The van der Waals surface area contributed by atoms with Crippen molar-refractivity contribution in [3.05, 3.63) is 23.7 Å². The molecule has 1 atom stereocenters. The predicted octanol–water partition coefficient (Wildman–Crippen LogP) is 0.331. The van der Waals surface area contributed by atoms with E-state index in [0.29, 0.717) is 12.1 Å². The topological polar surface area (TPSA) is 106 Å². The molecule has 0 bridgehead atoms. The van der Waals surface area contributed by atoms with Crippen molar-refractivity contribution in [3.63, 3.8) is 0 Å². The maximum Gasteiger partial charge on any atom is 0.372 e. The summed E-state index contributed by atoms with van der Waals surface area (Å²) in [5, 5.41) is 11.8. The number of aromatic carboxylic acids is 1. The highest BCUT2D eigenvalue weighted by molar-refractivity contribution is 5.86. The molecule has 4 N–H and O–H groups in total. The van der Waals surface area contributed by atoms with Crippen LogP contribution in [0.3, 0.4) is 0 Å². The van der Waals surface area contributed by atoms with Gasteiger partial charge in [-0.05, 0) is 13.0 Å². The summed E-state index contributed by atoms with van der Waals surface area (Å²) in [6, 6.07) is 1.47. The van der Waals surface area contributed by atoms with Crippen molar-refractivity contribution in [2.24, 2.45) is 5.73 Å². The molecule has 0 saturated heterocycles. The molecule has 1 heterocycles. The van der Waals surface area contributed by atoms with E-state index in [1.165, 1.54) is 6.26 Å². The number of amides is 1. The fraction of sp³-hybridized carbons (Fsp3) is 0.400. The standard InChI is InChI=1S/C10H14N2O4/c1-6(4-8(11)13)12-5-7-2-3-16-9(7)10(14)15/h2-3,6,12H,4-5H2,1H3,(H2,11,13)(H,14,15). The van der Waals surface area contributed by atoms with Crippen LogP contribution in [0.15, 0.2) is 16.7 Å². The average Bonchev–Trinajstić information content (AvgIpc) is 2.61. The van der Waals surface area contributed by atoms with Gasteiger partial charge in [-0.1, -0.05) is 0 Å². The summed E-state index contributed by atoms with van der Waals surface area (Å²) in [7, 11) is 0. The normalized spacial score (nSPS) is 12.3. The number of carboxylic acids is 1. The molecule has 1 rings (SSSR count). The molecule has 0 fully saturated rings. The van der Waals surface area contributed by atoms with Crippen molar-refractivity contribution in [2.75, 3.05) is 0 Å². The molecular formula is C10H14N2O4. The second kappa shape index (κ2) is 5.32. The number of rotatable bonds is 6. The van der Waals surface area contributed by atoms with Crippen LogP contribution in [0.1, 0.15) is 29.5 Å². The van der Waals surface area contributed by atoms with Gasteiger partial charge in [0.15, 0.2) is 0 Å². The third-order valence-electron chi connectivity index (χ3n) is 2.09. The largest absolute Gasteiger partial charge is 0.475 e. The fourth-order valence-corrected chi connectivity index (χ4v) is 1.32. The second-order valence-electron chi connectivity index (χ2n) is 3.53. The molecule has 1 amide bonds. The van der Waals surface area contributed by atoms with Gasteiger partial charge in [-0.25, -0.2) is 4.79 Å².